The molecule has 0 aromatic carbocycles. The Bertz CT molecular complexity index is 218. The predicted molar refractivity (Wildman–Crippen MR) is 44.2 cm³/mol. The van der Waals surface area contributed by atoms with Crippen molar-refractivity contribution >= 4 is 5.97 Å². The molecule has 3 atom stereocenters. The molecule has 0 saturated carbocycles. The van der Waals surface area contributed by atoms with Crippen molar-refractivity contribution < 1.29 is 29.6 Å². The van der Waals surface area contributed by atoms with Crippen molar-refractivity contribution in [1.29, 1.82) is 0 Å². The smallest absolute Gasteiger partial charge is 0.366 e. The van der Waals surface area contributed by atoms with E-state index in [0.717, 1.165) is 0 Å². The molecule has 14 heavy (non-hydrogen) atoms. The third kappa shape index (κ3) is 2.21. The van der Waals surface area contributed by atoms with Gasteiger partial charge in [-0.3, -0.25) is 0 Å². The molecule has 1 unspecified atom stereocenters. The zero-order chi connectivity index (χ0) is 10.8. The second-order valence-corrected chi connectivity index (χ2v) is 3.15. The maximum atomic E-state index is 11.2. The van der Waals surface area contributed by atoms with E-state index in [-0.39, 0.29) is 19.6 Å². The van der Waals surface area contributed by atoms with Crippen LogP contribution in [0.5, 0.6) is 0 Å². The summed E-state index contributed by atoms with van der Waals surface area (Å²) in [5, 5.41) is 27.9. The van der Waals surface area contributed by atoms with Gasteiger partial charge in [0.25, 0.3) is 5.79 Å². The van der Waals surface area contributed by atoms with E-state index in [1.54, 1.807) is 6.92 Å². The number of hydrogen-bond acceptors (Lipinski definition) is 6. The lowest BCUT2D eigenvalue weighted by atomic mass is 10.0. The zero-order valence-corrected chi connectivity index (χ0v) is 7.84. The van der Waals surface area contributed by atoms with Crippen molar-refractivity contribution in [2.75, 3.05) is 13.2 Å². The minimum Gasteiger partial charge on any atom is -0.462 e. The topological polar surface area (TPSA) is 96.2 Å². The average molecular weight is 206 g/mol. The second kappa shape index (κ2) is 4.22. The van der Waals surface area contributed by atoms with Gasteiger partial charge in [0, 0.05) is 6.42 Å². The monoisotopic (exact) mass is 206 g/mol. The quantitative estimate of drug-likeness (QED) is 0.470. The molecule has 1 fully saturated rings. The van der Waals surface area contributed by atoms with E-state index >= 15 is 0 Å². The van der Waals surface area contributed by atoms with Crippen molar-refractivity contribution in [3.8, 4) is 0 Å². The van der Waals surface area contributed by atoms with E-state index in [0.29, 0.717) is 0 Å². The highest BCUT2D eigenvalue weighted by Crippen LogP contribution is 2.24. The third-order valence-electron chi connectivity index (χ3n) is 2.02. The summed E-state index contributed by atoms with van der Waals surface area (Å²) < 4.78 is 9.29. The minimum atomic E-state index is -2.13. The van der Waals surface area contributed by atoms with Crippen LogP contribution in [-0.4, -0.2) is 52.5 Å². The summed E-state index contributed by atoms with van der Waals surface area (Å²) in [5.74, 6) is -3.07. The Morgan fingerprint density at radius 3 is 2.71 bits per heavy atom. The van der Waals surface area contributed by atoms with Gasteiger partial charge in [-0.25, -0.2) is 4.79 Å². The first-order valence-corrected chi connectivity index (χ1v) is 4.39. The van der Waals surface area contributed by atoms with E-state index < -0.39 is 24.0 Å². The highest BCUT2D eigenvalue weighted by Gasteiger charge is 2.46. The molecule has 0 amide bonds. The molecule has 6 heteroatoms. The van der Waals surface area contributed by atoms with Crippen LogP contribution in [0.3, 0.4) is 0 Å². The molecule has 1 saturated heterocycles. The molecule has 0 aliphatic carbocycles. The van der Waals surface area contributed by atoms with Crippen LogP contribution in [0.1, 0.15) is 13.3 Å². The molecular formula is C8H14O6. The summed E-state index contributed by atoms with van der Waals surface area (Å²) >= 11 is 0. The van der Waals surface area contributed by atoms with Gasteiger partial charge in [0.05, 0.1) is 19.3 Å². The van der Waals surface area contributed by atoms with Crippen molar-refractivity contribution in [2.45, 2.75) is 31.3 Å². The number of carbonyl (C=O) groups is 1. The van der Waals surface area contributed by atoms with Crippen molar-refractivity contribution in [2.24, 2.45) is 0 Å². The van der Waals surface area contributed by atoms with Gasteiger partial charge in [-0.2, -0.15) is 0 Å². The number of aliphatic hydroxyl groups is 3. The van der Waals surface area contributed by atoms with Crippen LogP contribution >= 0.6 is 0 Å². The van der Waals surface area contributed by atoms with Crippen LogP contribution < -0.4 is 0 Å². The molecule has 0 aromatic heterocycles. The van der Waals surface area contributed by atoms with Gasteiger partial charge in [0.2, 0.25) is 0 Å². The molecular weight excluding hydrogens is 192 g/mol. The van der Waals surface area contributed by atoms with Gasteiger partial charge in [0.1, 0.15) is 6.10 Å². The standard InChI is InChI=1S/C8H14O6/c1-2-13-7(11)8(12)3-5(9)6(10)4-14-8/h5-6,9-10,12H,2-4H2,1H3/t5-,6-,8?/m1/s1. The Labute approximate surface area is 81.1 Å². The van der Waals surface area contributed by atoms with Crippen molar-refractivity contribution in [3.05, 3.63) is 0 Å². The Balaban J connectivity index is 2.62. The van der Waals surface area contributed by atoms with Gasteiger partial charge in [-0.1, -0.05) is 0 Å². The Kier molecular flexibility index (Phi) is 3.43. The van der Waals surface area contributed by atoms with Crippen LogP contribution in [0.25, 0.3) is 0 Å². The molecule has 3 N–H and O–H groups in total. The van der Waals surface area contributed by atoms with Crippen LogP contribution in [0, 0.1) is 0 Å². The third-order valence-corrected chi connectivity index (χ3v) is 2.02. The summed E-state index contributed by atoms with van der Waals surface area (Å²) in [5.41, 5.74) is 0. The van der Waals surface area contributed by atoms with E-state index in [2.05, 4.69) is 4.74 Å². The lowest BCUT2D eigenvalue weighted by Crippen LogP contribution is -2.54. The lowest BCUT2D eigenvalue weighted by Gasteiger charge is -2.35. The molecule has 1 aliphatic rings. The van der Waals surface area contributed by atoms with Crippen LogP contribution in [0.15, 0.2) is 0 Å². The van der Waals surface area contributed by atoms with Gasteiger partial charge >= 0.3 is 5.97 Å². The highest BCUT2D eigenvalue weighted by molar-refractivity contribution is 5.77. The van der Waals surface area contributed by atoms with E-state index in [1.807, 2.05) is 0 Å². The molecule has 0 aromatic rings. The molecule has 0 radical (unpaired) electrons. The number of carbonyl (C=O) groups excluding carboxylic acids is 1. The first-order valence-electron chi connectivity index (χ1n) is 4.39. The fraction of sp³-hybridized carbons (Fsp3) is 0.875. The fourth-order valence-corrected chi connectivity index (χ4v) is 1.20. The molecule has 1 rings (SSSR count). The van der Waals surface area contributed by atoms with Crippen molar-refractivity contribution in [1.82, 2.24) is 0 Å². The summed E-state index contributed by atoms with van der Waals surface area (Å²) in [6.07, 6.45) is -2.64. The van der Waals surface area contributed by atoms with Gasteiger partial charge in [-0.05, 0) is 6.92 Å². The molecule has 1 aliphatic heterocycles. The number of aliphatic hydroxyl groups excluding tert-OH is 2. The van der Waals surface area contributed by atoms with Crippen LogP contribution in [0.2, 0.25) is 0 Å². The number of rotatable bonds is 2. The maximum Gasteiger partial charge on any atom is 0.366 e. The summed E-state index contributed by atoms with van der Waals surface area (Å²) in [6, 6.07) is 0. The summed E-state index contributed by atoms with van der Waals surface area (Å²) in [7, 11) is 0. The van der Waals surface area contributed by atoms with Crippen molar-refractivity contribution in [3.63, 3.8) is 0 Å². The molecule has 6 nitrogen and oxygen atoms in total. The SMILES string of the molecule is CCOC(=O)C1(O)C[C@@H](O)[C@H](O)CO1. The Hall–Kier alpha value is -0.690. The Morgan fingerprint density at radius 1 is 1.57 bits per heavy atom. The van der Waals surface area contributed by atoms with Gasteiger partial charge in [-0.15, -0.1) is 0 Å². The number of ether oxygens (including phenoxy) is 2. The second-order valence-electron chi connectivity index (χ2n) is 3.15. The van der Waals surface area contributed by atoms with Gasteiger partial charge in [0.15, 0.2) is 0 Å². The average Bonchev–Trinajstić information content (AvgIpc) is 2.13. The van der Waals surface area contributed by atoms with Crippen LogP contribution in [-0.2, 0) is 14.3 Å². The zero-order valence-electron chi connectivity index (χ0n) is 7.84. The molecule has 0 bridgehead atoms. The van der Waals surface area contributed by atoms with E-state index in [4.69, 9.17) is 9.84 Å². The normalized spacial score (nSPS) is 38.0. The largest absolute Gasteiger partial charge is 0.462 e. The first kappa shape index (κ1) is 11.4. The van der Waals surface area contributed by atoms with Crippen LogP contribution in [0.4, 0.5) is 0 Å². The molecule has 82 valence electrons. The maximum absolute atomic E-state index is 11.2. The number of hydrogen-bond donors (Lipinski definition) is 3. The van der Waals surface area contributed by atoms with E-state index in [9.17, 15) is 15.0 Å². The lowest BCUT2D eigenvalue weighted by molar-refractivity contribution is -0.270. The predicted octanol–water partition coefficient (Wildman–Crippen LogP) is -1.62. The fourth-order valence-electron chi connectivity index (χ4n) is 1.20. The van der Waals surface area contributed by atoms with Gasteiger partial charge < -0.3 is 24.8 Å². The summed E-state index contributed by atoms with van der Waals surface area (Å²) in [4.78, 5) is 11.2. The molecule has 1 heterocycles. The molecule has 0 spiro atoms. The highest BCUT2D eigenvalue weighted by atomic mass is 16.7. The minimum absolute atomic E-state index is 0.114. The number of esters is 1. The first-order chi connectivity index (χ1) is 6.49. The Morgan fingerprint density at radius 2 is 2.21 bits per heavy atom. The summed E-state index contributed by atoms with van der Waals surface area (Å²) in [6.45, 7) is 1.41. The van der Waals surface area contributed by atoms with E-state index in [1.165, 1.54) is 0 Å².